The molecule has 3 rings (SSSR count). The molecule has 1 unspecified atom stereocenters. The van der Waals surface area contributed by atoms with E-state index in [-0.39, 0.29) is 31.3 Å². The van der Waals surface area contributed by atoms with Crippen molar-refractivity contribution in [2.75, 3.05) is 19.8 Å². The van der Waals surface area contributed by atoms with Crippen LogP contribution in [0.3, 0.4) is 0 Å². The largest absolute Gasteiger partial charge is 0.445 e. The zero-order valence-electron chi connectivity index (χ0n) is 14.4. The fraction of sp³-hybridized carbons (Fsp3) is 0.579. The van der Waals surface area contributed by atoms with E-state index in [0.717, 1.165) is 31.4 Å². The molecule has 0 aromatic heterocycles. The highest BCUT2D eigenvalue weighted by molar-refractivity contribution is 5.88. The number of nitrogens with zero attached hydrogens (tertiary/aromatic N) is 1. The van der Waals surface area contributed by atoms with Crippen LogP contribution >= 0.6 is 0 Å². The predicted octanol–water partition coefficient (Wildman–Crippen LogP) is 2.90. The Morgan fingerprint density at radius 3 is 2.84 bits per heavy atom. The molecule has 136 valence electrons. The van der Waals surface area contributed by atoms with Gasteiger partial charge in [0.15, 0.2) is 12.1 Å². The number of carbonyl (C=O) groups excluding carboxylic acids is 2. The Morgan fingerprint density at radius 1 is 1.24 bits per heavy atom. The predicted molar refractivity (Wildman–Crippen MR) is 90.9 cm³/mol. The summed E-state index contributed by atoms with van der Waals surface area (Å²) < 4.78 is 16.6. The second-order valence-corrected chi connectivity index (χ2v) is 6.52. The molecule has 6 nitrogen and oxygen atoms in total. The van der Waals surface area contributed by atoms with Crippen LogP contribution in [0.2, 0.25) is 0 Å². The number of hydrogen-bond donors (Lipinski definition) is 0. The van der Waals surface area contributed by atoms with Gasteiger partial charge in [0.1, 0.15) is 6.61 Å². The first-order valence-corrected chi connectivity index (χ1v) is 8.94. The highest BCUT2D eigenvalue weighted by Gasteiger charge is 2.35. The second-order valence-electron chi connectivity index (χ2n) is 6.52. The van der Waals surface area contributed by atoms with Gasteiger partial charge in [-0.05, 0) is 31.2 Å². The van der Waals surface area contributed by atoms with Gasteiger partial charge in [-0.25, -0.2) is 4.79 Å². The van der Waals surface area contributed by atoms with Crippen molar-refractivity contribution in [3.63, 3.8) is 0 Å². The molecule has 0 spiro atoms. The van der Waals surface area contributed by atoms with E-state index >= 15 is 0 Å². The molecule has 2 atom stereocenters. The minimum atomic E-state index is -0.436. The number of likely N-dealkylation sites (tertiary alicyclic amines) is 1. The van der Waals surface area contributed by atoms with E-state index in [0.29, 0.717) is 19.4 Å². The van der Waals surface area contributed by atoms with Crippen molar-refractivity contribution in [1.29, 1.82) is 0 Å². The lowest BCUT2D eigenvalue weighted by Gasteiger charge is -2.26. The first kappa shape index (κ1) is 17.9. The van der Waals surface area contributed by atoms with Crippen LogP contribution in [0.25, 0.3) is 0 Å². The summed E-state index contributed by atoms with van der Waals surface area (Å²) in [5.74, 6) is 0.0653. The zero-order valence-corrected chi connectivity index (χ0v) is 14.4. The van der Waals surface area contributed by atoms with Gasteiger partial charge >= 0.3 is 6.09 Å². The van der Waals surface area contributed by atoms with Crippen molar-refractivity contribution in [3.05, 3.63) is 35.9 Å². The molecule has 25 heavy (non-hydrogen) atoms. The molecule has 0 bridgehead atoms. The second kappa shape index (κ2) is 8.97. The first-order valence-electron chi connectivity index (χ1n) is 8.94. The summed E-state index contributed by atoms with van der Waals surface area (Å²) in [6, 6.07) is 9.36. The molecule has 0 N–H and O–H groups in total. The Labute approximate surface area is 148 Å². The summed E-state index contributed by atoms with van der Waals surface area (Å²) in [5.41, 5.74) is 0.927. The van der Waals surface area contributed by atoms with E-state index in [9.17, 15) is 9.59 Å². The fourth-order valence-corrected chi connectivity index (χ4v) is 3.21. The van der Waals surface area contributed by atoms with Gasteiger partial charge in [-0.3, -0.25) is 9.69 Å². The van der Waals surface area contributed by atoms with Crippen LogP contribution in [0, 0.1) is 0 Å². The minimum absolute atomic E-state index is 0.0653. The van der Waals surface area contributed by atoms with Gasteiger partial charge in [0, 0.05) is 19.1 Å². The Balaban J connectivity index is 1.45. The van der Waals surface area contributed by atoms with Crippen molar-refractivity contribution in [2.45, 2.75) is 51.0 Å². The van der Waals surface area contributed by atoms with E-state index in [4.69, 9.17) is 14.2 Å². The van der Waals surface area contributed by atoms with Crippen LogP contribution in [0.4, 0.5) is 4.79 Å². The van der Waals surface area contributed by atoms with Crippen LogP contribution in [-0.2, 0) is 25.6 Å². The molecule has 2 heterocycles. The van der Waals surface area contributed by atoms with Crippen LogP contribution in [-0.4, -0.2) is 48.9 Å². The molecule has 2 fully saturated rings. The molecular formula is C19H25NO5. The van der Waals surface area contributed by atoms with Crippen molar-refractivity contribution in [1.82, 2.24) is 4.90 Å². The molecule has 0 aliphatic carbocycles. The molecule has 6 heteroatoms. The molecule has 2 saturated heterocycles. The molecule has 2 aliphatic heterocycles. The third-order valence-corrected chi connectivity index (χ3v) is 4.58. The number of rotatable bonds is 6. The monoisotopic (exact) mass is 347 g/mol. The van der Waals surface area contributed by atoms with Gasteiger partial charge in [0.25, 0.3) is 0 Å². The Bertz CT molecular complexity index is 570. The average Bonchev–Trinajstić information content (AvgIpc) is 3.02. The quantitative estimate of drug-likeness (QED) is 0.792. The van der Waals surface area contributed by atoms with Crippen molar-refractivity contribution < 1.29 is 23.8 Å². The topological polar surface area (TPSA) is 65.1 Å². The summed E-state index contributed by atoms with van der Waals surface area (Å²) in [5, 5.41) is 0. The van der Waals surface area contributed by atoms with Gasteiger partial charge in [-0.2, -0.15) is 0 Å². The third kappa shape index (κ3) is 5.28. The van der Waals surface area contributed by atoms with Gasteiger partial charge < -0.3 is 14.2 Å². The van der Waals surface area contributed by atoms with Gasteiger partial charge in [-0.1, -0.05) is 30.3 Å². The lowest BCUT2D eigenvalue weighted by molar-refractivity contribution is -0.164. The maximum absolute atomic E-state index is 12.3. The third-order valence-electron chi connectivity index (χ3n) is 4.58. The molecule has 1 aromatic carbocycles. The number of ether oxygens (including phenoxy) is 3. The molecule has 1 amide bonds. The summed E-state index contributed by atoms with van der Waals surface area (Å²) in [6.07, 6.45) is 3.51. The van der Waals surface area contributed by atoms with Crippen LogP contribution in [0.1, 0.15) is 37.7 Å². The van der Waals surface area contributed by atoms with Crippen LogP contribution in [0.5, 0.6) is 0 Å². The highest BCUT2D eigenvalue weighted by Crippen LogP contribution is 2.21. The summed E-state index contributed by atoms with van der Waals surface area (Å²) in [6.45, 7) is 1.55. The van der Waals surface area contributed by atoms with E-state index in [1.807, 2.05) is 30.3 Å². The number of ketones is 1. The van der Waals surface area contributed by atoms with E-state index in [2.05, 4.69) is 0 Å². The fourth-order valence-electron chi connectivity index (χ4n) is 3.21. The lowest BCUT2D eigenvalue weighted by atomic mass is 10.1. The maximum atomic E-state index is 12.3. The standard InChI is InChI=1S/C19H25NO5/c21-17-12-16(9-11-24-18-8-4-5-10-23-18)20(13-17)19(22)25-14-15-6-2-1-3-7-15/h1-3,6-7,16,18H,4-5,8-14H2/t16-,18?/m0/s1. The molecule has 2 aliphatic rings. The van der Waals surface area contributed by atoms with Crippen molar-refractivity contribution >= 4 is 11.9 Å². The van der Waals surface area contributed by atoms with Gasteiger partial charge in [0.05, 0.1) is 13.2 Å². The van der Waals surface area contributed by atoms with E-state index in [1.165, 1.54) is 4.90 Å². The SMILES string of the molecule is O=C1C[C@H](CCOC2CCCCO2)N(C(=O)OCc2ccccc2)C1. The summed E-state index contributed by atoms with van der Waals surface area (Å²) >= 11 is 0. The normalized spacial score (nSPS) is 23.7. The average molecular weight is 347 g/mol. The number of amides is 1. The smallest absolute Gasteiger partial charge is 0.410 e. The Hall–Kier alpha value is -1.92. The molecule has 0 saturated carbocycles. The summed E-state index contributed by atoms with van der Waals surface area (Å²) in [4.78, 5) is 25.6. The van der Waals surface area contributed by atoms with Gasteiger partial charge in [0.2, 0.25) is 0 Å². The van der Waals surface area contributed by atoms with E-state index in [1.54, 1.807) is 0 Å². The van der Waals surface area contributed by atoms with E-state index < -0.39 is 6.09 Å². The Morgan fingerprint density at radius 2 is 2.08 bits per heavy atom. The highest BCUT2D eigenvalue weighted by atomic mass is 16.7. The van der Waals surface area contributed by atoms with Crippen LogP contribution in [0.15, 0.2) is 30.3 Å². The van der Waals surface area contributed by atoms with Crippen LogP contribution < -0.4 is 0 Å². The number of benzene rings is 1. The lowest BCUT2D eigenvalue weighted by Crippen LogP contribution is -2.37. The van der Waals surface area contributed by atoms with Gasteiger partial charge in [-0.15, -0.1) is 0 Å². The number of carbonyl (C=O) groups is 2. The minimum Gasteiger partial charge on any atom is -0.445 e. The summed E-state index contributed by atoms with van der Waals surface area (Å²) in [7, 11) is 0. The maximum Gasteiger partial charge on any atom is 0.410 e. The Kier molecular flexibility index (Phi) is 6.42. The molecule has 0 radical (unpaired) electrons. The first-order chi connectivity index (χ1) is 12.2. The molecule has 1 aromatic rings. The number of hydrogen-bond acceptors (Lipinski definition) is 5. The van der Waals surface area contributed by atoms with Crippen molar-refractivity contribution in [2.24, 2.45) is 0 Å². The van der Waals surface area contributed by atoms with Crippen molar-refractivity contribution in [3.8, 4) is 0 Å². The zero-order chi connectivity index (χ0) is 17.5. The molecular weight excluding hydrogens is 322 g/mol. The number of Topliss-reactive ketones (excluding diaryl/α,β-unsaturated/α-hetero) is 1.